The molecule has 4 rings (SSSR count). The highest BCUT2D eigenvalue weighted by Crippen LogP contribution is 2.26. The van der Waals surface area contributed by atoms with E-state index in [0.717, 1.165) is 38.8 Å². The second kappa shape index (κ2) is 10.4. The number of aromatic amines is 1. The lowest BCUT2D eigenvalue weighted by Gasteiger charge is -2.08. The molecule has 0 atom stereocenters. The highest BCUT2D eigenvalue weighted by molar-refractivity contribution is 6.04. The first kappa shape index (κ1) is 23.3. The van der Waals surface area contributed by atoms with E-state index in [1.54, 1.807) is 11.8 Å². The van der Waals surface area contributed by atoms with E-state index in [9.17, 15) is 9.59 Å². The van der Waals surface area contributed by atoms with Gasteiger partial charge in [-0.15, -0.1) is 0 Å². The molecule has 2 aromatic carbocycles. The molecule has 178 valence electrons. The Kier molecular flexibility index (Phi) is 7.12. The van der Waals surface area contributed by atoms with Crippen molar-refractivity contribution in [1.29, 1.82) is 0 Å². The van der Waals surface area contributed by atoms with E-state index in [1.165, 1.54) is 0 Å². The number of hydrogen-bond acceptors (Lipinski definition) is 5. The molecule has 0 aliphatic carbocycles. The quantitative estimate of drug-likeness (QED) is 0.270. The lowest BCUT2D eigenvalue weighted by atomic mass is 10.1. The minimum atomic E-state index is -0.197. The fourth-order valence-electron chi connectivity index (χ4n) is 4.08. The molecule has 34 heavy (non-hydrogen) atoms. The molecule has 0 saturated heterocycles. The molecule has 0 fully saturated rings. The Balaban J connectivity index is 1.18. The van der Waals surface area contributed by atoms with Gasteiger partial charge in [-0.05, 0) is 36.8 Å². The summed E-state index contributed by atoms with van der Waals surface area (Å²) >= 11 is 0. The number of fused-ring (bicyclic) bond motifs is 2. The average molecular weight is 463 g/mol. The third kappa shape index (κ3) is 5.04. The Labute approximate surface area is 197 Å². The monoisotopic (exact) mass is 462 g/mol. The molecule has 0 saturated carbocycles. The van der Waals surface area contributed by atoms with Crippen molar-refractivity contribution in [3.05, 3.63) is 59.4 Å². The van der Waals surface area contributed by atoms with Gasteiger partial charge in [-0.25, -0.2) is 0 Å². The number of carbonyl (C=O) groups excluding carboxylic acids is 2. The minimum absolute atomic E-state index is 0.0380. The summed E-state index contributed by atoms with van der Waals surface area (Å²) in [6.45, 7) is 4.14. The zero-order valence-electron chi connectivity index (χ0n) is 19.7. The van der Waals surface area contributed by atoms with Gasteiger partial charge in [0.2, 0.25) is 5.91 Å². The normalized spacial score (nSPS) is 11.1. The number of rotatable bonds is 10. The van der Waals surface area contributed by atoms with E-state index in [-0.39, 0.29) is 11.8 Å². The predicted octanol–water partition coefficient (Wildman–Crippen LogP) is 2.05. The zero-order chi connectivity index (χ0) is 24.1. The molecule has 0 radical (unpaired) electrons. The second-order valence-corrected chi connectivity index (χ2v) is 8.16. The van der Waals surface area contributed by atoms with Gasteiger partial charge in [0.05, 0.1) is 19.0 Å². The number of hydrogen-bond donors (Lipinski definition) is 4. The average Bonchev–Trinajstić information content (AvgIpc) is 3.34. The van der Waals surface area contributed by atoms with Crippen LogP contribution < -0.4 is 20.7 Å². The minimum Gasteiger partial charge on any atom is -0.497 e. The van der Waals surface area contributed by atoms with Crippen molar-refractivity contribution in [2.45, 2.75) is 13.3 Å². The Morgan fingerprint density at radius 2 is 1.79 bits per heavy atom. The summed E-state index contributed by atoms with van der Waals surface area (Å²) in [7, 11) is 3.46. The Morgan fingerprint density at radius 1 is 1.03 bits per heavy atom. The molecule has 0 bridgehead atoms. The molecular formula is C25H30N6O3. The maximum Gasteiger partial charge on any atom is 0.272 e. The van der Waals surface area contributed by atoms with E-state index >= 15 is 0 Å². The number of para-hydroxylation sites is 1. The van der Waals surface area contributed by atoms with Gasteiger partial charge in [-0.2, -0.15) is 5.10 Å². The Bertz CT molecular complexity index is 1320. The van der Waals surface area contributed by atoms with Crippen LogP contribution in [0.15, 0.2) is 42.5 Å². The van der Waals surface area contributed by atoms with Gasteiger partial charge in [0.1, 0.15) is 5.75 Å². The number of amides is 2. The van der Waals surface area contributed by atoms with E-state index < -0.39 is 0 Å². The molecule has 0 unspecified atom stereocenters. The van der Waals surface area contributed by atoms with Crippen LogP contribution in [0.4, 0.5) is 0 Å². The highest BCUT2D eigenvalue weighted by atomic mass is 16.5. The van der Waals surface area contributed by atoms with Crippen molar-refractivity contribution >= 4 is 33.6 Å². The predicted molar refractivity (Wildman–Crippen MR) is 132 cm³/mol. The van der Waals surface area contributed by atoms with Gasteiger partial charge in [0.25, 0.3) is 5.91 Å². The molecule has 2 heterocycles. The van der Waals surface area contributed by atoms with Crippen molar-refractivity contribution in [3.63, 3.8) is 0 Å². The maximum absolute atomic E-state index is 12.5. The zero-order valence-corrected chi connectivity index (χ0v) is 19.7. The fraction of sp³-hybridized carbons (Fsp3) is 0.320. The van der Waals surface area contributed by atoms with Crippen molar-refractivity contribution in [3.8, 4) is 5.75 Å². The molecular weight excluding hydrogens is 432 g/mol. The summed E-state index contributed by atoms with van der Waals surface area (Å²) in [5, 5.41) is 15.2. The lowest BCUT2D eigenvalue weighted by molar-refractivity contribution is -0.120. The van der Waals surface area contributed by atoms with Gasteiger partial charge in [-0.1, -0.05) is 18.2 Å². The van der Waals surface area contributed by atoms with Crippen LogP contribution in [0.5, 0.6) is 5.75 Å². The van der Waals surface area contributed by atoms with Crippen LogP contribution in [0.1, 0.15) is 21.7 Å². The van der Waals surface area contributed by atoms with Gasteiger partial charge in [0, 0.05) is 55.2 Å². The molecule has 0 spiro atoms. The Hall–Kier alpha value is -3.85. The van der Waals surface area contributed by atoms with E-state index in [1.807, 2.05) is 56.4 Å². The molecule has 2 amide bonds. The number of nitrogens with zero attached hydrogens (tertiary/aromatic N) is 2. The van der Waals surface area contributed by atoms with Crippen LogP contribution in [0, 0.1) is 6.92 Å². The van der Waals surface area contributed by atoms with Crippen LogP contribution in [-0.4, -0.2) is 59.9 Å². The van der Waals surface area contributed by atoms with E-state index in [4.69, 9.17) is 4.74 Å². The fourth-order valence-corrected chi connectivity index (χ4v) is 4.08. The highest BCUT2D eigenvalue weighted by Gasteiger charge is 2.15. The summed E-state index contributed by atoms with van der Waals surface area (Å²) in [6.07, 6.45) is 0.299. The molecule has 4 N–H and O–H groups in total. The van der Waals surface area contributed by atoms with Crippen molar-refractivity contribution in [2.75, 3.05) is 33.3 Å². The molecule has 0 aliphatic rings. The summed E-state index contributed by atoms with van der Waals surface area (Å²) in [6, 6.07) is 13.5. The number of benzene rings is 2. The molecule has 9 heteroatoms. The number of aryl methyl sites for hydroxylation is 2. The van der Waals surface area contributed by atoms with Crippen molar-refractivity contribution in [1.82, 2.24) is 30.7 Å². The van der Waals surface area contributed by atoms with Crippen LogP contribution in [0.25, 0.3) is 21.8 Å². The number of methoxy groups -OCH3 is 1. The SMILES string of the molecule is COc1ccc2[nH]c(C)c(CC(=O)NCCNCCNC(=O)c3nn(C)c4ccccc34)c2c1. The second-order valence-electron chi connectivity index (χ2n) is 8.16. The number of aromatic nitrogens is 3. The van der Waals surface area contributed by atoms with Gasteiger partial charge in [0.15, 0.2) is 5.69 Å². The first-order valence-electron chi connectivity index (χ1n) is 11.3. The standard InChI is InChI=1S/C25H30N6O3/c1-16-19(20-14-17(34-3)8-9-21(20)29-16)15-23(32)27-12-10-26-11-13-28-25(33)24-18-6-4-5-7-22(18)31(2)30-24/h4-9,14,26,29H,10-13,15H2,1-3H3,(H,27,32)(H,28,33). The molecule has 9 nitrogen and oxygen atoms in total. The maximum atomic E-state index is 12.5. The van der Waals surface area contributed by atoms with Gasteiger partial charge < -0.3 is 25.7 Å². The topological polar surface area (TPSA) is 113 Å². The number of nitrogens with one attached hydrogen (secondary N) is 4. The smallest absolute Gasteiger partial charge is 0.272 e. The summed E-state index contributed by atoms with van der Waals surface area (Å²) in [5.41, 5.74) is 4.29. The van der Waals surface area contributed by atoms with Crippen LogP contribution in [0.2, 0.25) is 0 Å². The summed E-state index contributed by atoms with van der Waals surface area (Å²) < 4.78 is 7.02. The first-order valence-corrected chi connectivity index (χ1v) is 11.3. The largest absolute Gasteiger partial charge is 0.497 e. The number of ether oxygens (including phenoxy) is 1. The molecule has 4 aromatic rings. The Morgan fingerprint density at radius 3 is 2.59 bits per heavy atom. The third-order valence-corrected chi connectivity index (χ3v) is 5.85. The molecule has 2 aromatic heterocycles. The number of carbonyl (C=O) groups is 2. The van der Waals surface area contributed by atoms with Crippen LogP contribution in [-0.2, 0) is 18.3 Å². The van der Waals surface area contributed by atoms with Gasteiger partial charge >= 0.3 is 0 Å². The van der Waals surface area contributed by atoms with Crippen LogP contribution >= 0.6 is 0 Å². The number of H-pyrrole nitrogens is 1. The van der Waals surface area contributed by atoms with E-state index in [2.05, 4.69) is 26.0 Å². The summed E-state index contributed by atoms with van der Waals surface area (Å²) in [4.78, 5) is 28.3. The summed E-state index contributed by atoms with van der Waals surface area (Å²) in [5.74, 6) is 0.530. The molecule has 0 aliphatic heterocycles. The van der Waals surface area contributed by atoms with Gasteiger partial charge in [-0.3, -0.25) is 14.3 Å². The van der Waals surface area contributed by atoms with E-state index in [0.29, 0.717) is 38.3 Å². The van der Waals surface area contributed by atoms with Crippen molar-refractivity contribution < 1.29 is 14.3 Å². The third-order valence-electron chi connectivity index (χ3n) is 5.85. The first-order chi connectivity index (χ1) is 16.5. The van der Waals surface area contributed by atoms with Crippen molar-refractivity contribution in [2.24, 2.45) is 7.05 Å². The lowest BCUT2D eigenvalue weighted by Crippen LogP contribution is -2.37. The van der Waals surface area contributed by atoms with Crippen LogP contribution in [0.3, 0.4) is 0 Å².